The van der Waals surface area contributed by atoms with Crippen LogP contribution in [-0.4, -0.2) is 39.2 Å². The second kappa shape index (κ2) is 24.1. The molecule has 0 heterocycles. The average molecular weight is 522 g/mol. The van der Waals surface area contributed by atoms with E-state index in [0.717, 1.165) is 25.7 Å². The molecule has 0 fully saturated rings. The number of carboxylic acids is 2. The molecule has 0 aliphatic rings. The Morgan fingerprint density at radius 1 is 0.565 bits per heavy atom. The van der Waals surface area contributed by atoms with Gasteiger partial charge in [0.1, 0.15) is 0 Å². The Bertz CT molecular complexity index is 231. The molecule has 2 radical (unpaired) electrons. The predicted molar refractivity (Wildman–Crippen MR) is 91.8 cm³/mol. The maximum Gasteiger partial charge on any atom is 2.00 e. The summed E-state index contributed by atoms with van der Waals surface area (Å²) in [6, 6.07) is 0. The van der Waals surface area contributed by atoms with Gasteiger partial charge in [-0.15, -0.1) is 0 Å². The summed E-state index contributed by atoms with van der Waals surface area (Å²) in [7, 11) is 0. The van der Waals surface area contributed by atoms with E-state index in [9.17, 15) is 19.8 Å². The second-order valence-corrected chi connectivity index (χ2v) is 5.78. The smallest absolute Gasteiger partial charge is 0.550 e. The van der Waals surface area contributed by atoms with Crippen LogP contribution in [0.5, 0.6) is 0 Å². The molecule has 0 spiro atoms. The summed E-state index contributed by atoms with van der Waals surface area (Å²) in [5.41, 5.74) is 0. The largest absolute Gasteiger partial charge is 2.00 e. The van der Waals surface area contributed by atoms with E-state index < -0.39 is 11.9 Å². The van der Waals surface area contributed by atoms with Gasteiger partial charge in [0, 0.05) is 11.9 Å². The van der Waals surface area contributed by atoms with Crippen LogP contribution in [0.15, 0.2) is 0 Å². The zero-order valence-electron chi connectivity index (χ0n) is 15.0. The molecule has 0 atom stereocenters. The number of carboxylic acid groups (broad SMARTS) is 2. The van der Waals surface area contributed by atoms with Crippen LogP contribution in [0.2, 0.25) is 0 Å². The van der Waals surface area contributed by atoms with Gasteiger partial charge >= 0.3 is 27.3 Å². The summed E-state index contributed by atoms with van der Waals surface area (Å²) in [5.74, 6) is -1.83. The third-order valence-corrected chi connectivity index (χ3v) is 3.47. The van der Waals surface area contributed by atoms with Crippen molar-refractivity contribution in [2.24, 2.45) is 0 Å². The number of aliphatic carboxylic acids is 2. The minimum Gasteiger partial charge on any atom is -0.550 e. The van der Waals surface area contributed by atoms with Gasteiger partial charge in [0.25, 0.3) is 0 Å². The van der Waals surface area contributed by atoms with Gasteiger partial charge in [-0.3, -0.25) is 0 Å². The molecule has 0 aromatic carbocycles. The van der Waals surface area contributed by atoms with Gasteiger partial charge in [0.05, 0.1) is 0 Å². The van der Waals surface area contributed by atoms with Crippen LogP contribution in [0.1, 0.15) is 104 Å². The molecule has 0 aliphatic carbocycles. The third kappa shape index (κ3) is 34.3. The minimum absolute atomic E-state index is 0. The van der Waals surface area contributed by atoms with E-state index in [1.807, 2.05) is 0 Å². The van der Waals surface area contributed by atoms with Gasteiger partial charge < -0.3 is 19.8 Å². The van der Waals surface area contributed by atoms with Gasteiger partial charge in [-0.2, -0.15) is 0 Å². The minimum atomic E-state index is -0.916. The van der Waals surface area contributed by atoms with Gasteiger partial charge in [-0.1, -0.05) is 78.1 Å². The van der Waals surface area contributed by atoms with Crippen LogP contribution in [0, 0.1) is 0 Å². The fourth-order valence-corrected chi connectivity index (χ4v) is 2.10. The Morgan fingerprint density at radius 3 is 1.09 bits per heavy atom. The molecule has 0 rings (SSSR count). The fraction of sp³-hybridized carbons (Fsp3) is 0.889. The summed E-state index contributed by atoms with van der Waals surface area (Å²) in [4.78, 5) is 20.0. The standard InChI is InChI=1S/2C9H18O2.Pb/c2*1-2-3-4-5-6-7-8-9(10)11;/h2*2-8H2,1H3,(H,10,11);/q;;+2/p-2. The van der Waals surface area contributed by atoms with Crippen LogP contribution in [0.25, 0.3) is 0 Å². The molecule has 4 nitrogen and oxygen atoms in total. The van der Waals surface area contributed by atoms with E-state index in [-0.39, 0.29) is 40.1 Å². The number of rotatable bonds is 14. The SMILES string of the molecule is CCCCCCCCC(=O)[O-].CCCCCCCCC(=O)[O-].[Pb+2]. The molecule has 0 saturated carbocycles. The van der Waals surface area contributed by atoms with Crippen molar-refractivity contribution < 1.29 is 19.8 Å². The van der Waals surface area contributed by atoms with Crippen molar-refractivity contribution in [3.63, 3.8) is 0 Å². The number of carbonyl (C=O) groups excluding carboxylic acids is 2. The van der Waals surface area contributed by atoms with Gasteiger partial charge in [-0.25, -0.2) is 0 Å². The summed E-state index contributed by atoms with van der Waals surface area (Å²) >= 11 is 0. The topological polar surface area (TPSA) is 80.3 Å². The molecule has 0 bridgehead atoms. The molecule has 0 amide bonds. The van der Waals surface area contributed by atoms with Crippen molar-refractivity contribution >= 4 is 39.2 Å². The van der Waals surface area contributed by atoms with E-state index in [1.165, 1.54) is 51.4 Å². The summed E-state index contributed by atoms with van der Waals surface area (Å²) in [6.07, 6.45) is 13.9. The van der Waals surface area contributed by atoms with E-state index in [1.54, 1.807) is 0 Å². The van der Waals surface area contributed by atoms with Crippen LogP contribution in [0.4, 0.5) is 0 Å². The first-order valence-electron chi connectivity index (χ1n) is 8.94. The maximum absolute atomic E-state index is 9.98. The first-order chi connectivity index (χ1) is 10.5. The second-order valence-electron chi connectivity index (χ2n) is 5.78. The molecular weight excluding hydrogens is 487 g/mol. The number of hydrogen-bond acceptors (Lipinski definition) is 4. The Hall–Kier alpha value is -0.138. The van der Waals surface area contributed by atoms with E-state index in [4.69, 9.17) is 0 Å². The molecule has 5 heteroatoms. The molecule has 0 aromatic heterocycles. The zero-order valence-corrected chi connectivity index (χ0v) is 18.9. The number of unbranched alkanes of at least 4 members (excludes halogenated alkanes) is 10. The van der Waals surface area contributed by atoms with Crippen molar-refractivity contribution in [2.45, 2.75) is 104 Å². The van der Waals surface area contributed by atoms with Crippen molar-refractivity contribution in [3.8, 4) is 0 Å². The molecule has 0 aromatic rings. The normalized spacial score (nSPS) is 9.48. The predicted octanol–water partition coefficient (Wildman–Crippen LogP) is 2.59. The van der Waals surface area contributed by atoms with Crippen molar-refractivity contribution in [2.75, 3.05) is 0 Å². The zero-order chi connectivity index (χ0) is 17.1. The molecule has 23 heavy (non-hydrogen) atoms. The average Bonchev–Trinajstić information content (AvgIpc) is 2.46. The van der Waals surface area contributed by atoms with Crippen LogP contribution in [-0.2, 0) is 9.59 Å². The van der Waals surface area contributed by atoms with Crippen molar-refractivity contribution in [1.82, 2.24) is 0 Å². The maximum atomic E-state index is 9.98. The van der Waals surface area contributed by atoms with Gasteiger partial charge in [0.2, 0.25) is 0 Å². The Balaban J connectivity index is -0.000000333. The Labute approximate surface area is 162 Å². The molecule has 0 aliphatic heterocycles. The Morgan fingerprint density at radius 2 is 0.826 bits per heavy atom. The molecule has 0 N–H and O–H groups in total. The molecular formula is C18H34O4Pb. The Kier molecular flexibility index (Phi) is 29.0. The first-order valence-corrected chi connectivity index (χ1v) is 8.94. The fourth-order valence-electron chi connectivity index (χ4n) is 2.10. The van der Waals surface area contributed by atoms with Crippen LogP contribution in [0.3, 0.4) is 0 Å². The first kappa shape index (κ1) is 27.7. The van der Waals surface area contributed by atoms with Gasteiger partial charge in [0.15, 0.2) is 0 Å². The number of hydrogen-bond donors (Lipinski definition) is 0. The van der Waals surface area contributed by atoms with Gasteiger partial charge in [-0.05, 0) is 25.7 Å². The van der Waals surface area contributed by atoms with Crippen LogP contribution >= 0.6 is 0 Å². The molecule has 0 unspecified atom stereocenters. The summed E-state index contributed by atoms with van der Waals surface area (Å²) < 4.78 is 0. The monoisotopic (exact) mass is 522 g/mol. The van der Waals surface area contributed by atoms with E-state index >= 15 is 0 Å². The summed E-state index contributed by atoms with van der Waals surface area (Å²) in [6.45, 7) is 4.34. The van der Waals surface area contributed by atoms with E-state index in [0.29, 0.717) is 0 Å². The van der Waals surface area contributed by atoms with Crippen molar-refractivity contribution in [3.05, 3.63) is 0 Å². The molecule has 0 saturated heterocycles. The summed E-state index contributed by atoms with van der Waals surface area (Å²) in [5, 5.41) is 20.0. The van der Waals surface area contributed by atoms with E-state index in [2.05, 4.69) is 13.8 Å². The van der Waals surface area contributed by atoms with Crippen LogP contribution < -0.4 is 10.2 Å². The molecule has 134 valence electrons. The quantitative estimate of drug-likeness (QED) is 0.260. The third-order valence-electron chi connectivity index (χ3n) is 3.47. The van der Waals surface area contributed by atoms with Crippen molar-refractivity contribution in [1.29, 1.82) is 0 Å². The number of carbonyl (C=O) groups is 2.